The molecule has 4 atom stereocenters. The van der Waals surface area contributed by atoms with Crippen LogP contribution in [0.25, 0.3) is 0 Å². The highest BCUT2D eigenvalue weighted by Crippen LogP contribution is 2.27. The molecule has 0 spiro atoms. The van der Waals surface area contributed by atoms with Crippen molar-refractivity contribution in [2.24, 2.45) is 0 Å². The van der Waals surface area contributed by atoms with Gasteiger partial charge in [0.1, 0.15) is 46.0 Å². The van der Waals surface area contributed by atoms with E-state index in [0.29, 0.717) is 100 Å². The number of hydrogen-bond donors (Lipinski definition) is 6. The Hall–Kier alpha value is -14.9. The predicted molar refractivity (Wildman–Crippen MR) is 477 cm³/mol. The number of rotatable bonds is 65. The summed E-state index contributed by atoms with van der Waals surface area (Å²) in [5.74, 6) is -9.51. The molecular formula is C100H110O34. The fourth-order valence-electron chi connectivity index (χ4n) is 13.1. The molecule has 0 aromatic heterocycles. The first-order valence-corrected chi connectivity index (χ1v) is 44.3. The van der Waals surface area contributed by atoms with Gasteiger partial charge in [-0.3, -0.25) is 28.8 Å². The van der Waals surface area contributed by atoms with Gasteiger partial charge in [-0.2, -0.15) is 0 Å². The number of hydrogen-bond acceptors (Lipinski definition) is 28. The van der Waals surface area contributed by atoms with Crippen molar-refractivity contribution in [2.45, 2.75) is 218 Å². The summed E-state index contributed by atoms with van der Waals surface area (Å²) in [6.07, 6.45) is 9.28. The second kappa shape index (κ2) is 58.0. The molecule has 34 heteroatoms. The summed E-state index contributed by atoms with van der Waals surface area (Å²) in [4.78, 5) is 172. The van der Waals surface area contributed by atoms with Crippen LogP contribution in [-0.2, 0) is 57.2 Å². The summed E-state index contributed by atoms with van der Waals surface area (Å²) in [6, 6.07) is 45.6. The van der Waals surface area contributed by atoms with Gasteiger partial charge in [0.05, 0.1) is 96.6 Å². The molecule has 0 heterocycles. The zero-order chi connectivity index (χ0) is 96.2. The molecule has 0 bridgehead atoms. The highest BCUT2D eigenvalue weighted by Gasteiger charge is 2.25. The lowest BCUT2D eigenvalue weighted by Gasteiger charge is -2.20. The Morgan fingerprint density at radius 3 is 0.507 bits per heavy atom. The van der Waals surface area contributed by atoms with Crippen molar-refractivity contribution in [3.63, 3.8) is 0 Å². The molecule has 34 nitrogen and oxygen atoms in total. The minimum absolute atomic E-state index is 0.00129. The van der Waals surface area contributed by atoms with Crippen molar-refractivity contribution in [2.75, 3.05) is 26.4 Å². The number of benzene rings is 8. The van der Waals surface area contributed by atoms with E-state index < -0.39 is 109 Å². The summed E-state index contributed by atoms with van der Waals surface area (Å²) in [7, 11) is 0. The van der Waals surface area contributed by atoms with Crippen LogP contribution in [0.4, 0.5) is 0 Å². The second-order valence-electron chi connectivity index (χ2n) is 30.8. The van der Waals surface area contributed by atoms with Crippen molar-refractivity contribution in [3.8, 4) is 46.0 Å². The van der Waals surface area contributed by atoms with Gasteiger partial charge in [0.25, 0.3) is 0 Å². The number of aromatic carboxylic acids is 6. The SMILES string of the molecule is O=C(CCCCCCCCCCC(=O)OC(=O)c1ccc(OC(CCOc2ccc(C(=O)O)cc2)OC(=O)CCCCCCCCC(=O)OC(CCOc2ccc(C(=O)O)cc2)Oc2ccc(C(=O)O)cc2)cc1)OC(=O)c1ccc(OC(CCOc2ccc(C(=O)O)cc2)OC(=O)CCCCCCCCC(=O)OC(CCOc2ccc(C(=O)O)cc2)Oc2ccc(C(=O)O)cc2)cc1. The zero-order valence-electron chi connectivity index (χ0n) is 73.9. The molecule has 0 aliphatic carbocycles. The number of unbranched alkanes of at least 4 members (excludes halogenated alkanes) is 17. The van der Waals surface area contributed by atoms with E-state index in [1.54, 1.807) is 0 Å². The van der Waals surface area contributed by atoms with Crippen LogP contribution in [0.1, 0.15) is 275 Å². The van der Waals surface area contributed by atoms with Crippen LogP contribution in [0, 0.1) is 0 Å². The quantitative estimate of drug-likeness (QED) is 0.00678. The molecule has 0 amide bonds. The molecule has 0 radical (unpaired) electrons. The van der Waals surface area contributed by atoms with Crippen molar-refractivity contribution in [1.82, 2.24) is 0 Å². The highest BCUT2D eigenvalue weighted by molar-refractivity contribution is 5.98. The van der Waals surface area contributed by atoms with E-state index in [0.717, 1.165) is 51.4 Å². The number of carbonyl (C=O) groups excluding carboxylic acids is 8. The Labute approximate surface area is 772 Å². The summed E-state index contributed by atoms with van der Waals surface area (Å²) < 4.78 is 79.9. The number of ether oxygens (including phenoxy) is 14. The molecular weight excluding hydrogens is 1750 g/mol. The maximum Gasteiger partial charge on any atom is 0.345 e. The van der Waals surface area contributed by atoms with E-state index in [2.05, 4.69) is 0 Å². The smallest absolute Gasteiger partial charge is 0.345 e. The van der Waals surface area contributed by atoms with E-state index >= 15 is 0 Å². The first-order chi connectivity index (χ1) is 64.7. The van der Waals surface area contributed by atoms with Gasteiger partial charge in [-0.1, -0.05) is 89.9 Å². The Morgan fingerprint density at radius 1 is 0.187 bits per heavy atom. The summed E-state index contributed by atoms with van der Waals surface area (Å²) in [5.41, 5.74) is 0.484. The van der Waals surface area contributed by atoms with Gasteiger partial charge in [0.15, 0.2) is 0 Å². The number of esters is 8. The minimum Gasteiger partial charge on any atom is -0.493 e. The van der Waals surface area contributed by atoms with Crippen LogP contribution in [0.15, 0.2) is 194 Å². The molecule has 8 aromatic rings. The maximum absolute atomic E-state index is 13.2. The number of carboxylic acid groups (broad SMARTS) is 6. The van der Waals surface area contributed by atoms with E-state index in [4.69, 9.17) is 66.3 Å². The van der Waals surface area contributed by atoms with Gasteiger partial charge in [0, 0.05) is 38.5 Å². The Morgan fingerprint density at radius 2 is 0.336 bits per heavy atom. The Kier molecular flexibility index (Phi) is 45.3. The molecule has 0 aliphatic heterocycles. The monoisotopic (exact) mass is 1850 g/mol. The van der Waals surface area contributed by atoms with Crippen LogP contribution in [0.2, 0.25) is 0 Å². The molecule has 0 saturated heterocycles. The first-order valence-electron chi connectivity index (χ1n) is 44.3. The van der Waals surface area contributed by atoms with E-state index in [-0.39, 0.29) is 158 Å². The first kappa shape index (κ1) is 105. The molecule has 8 aromatic carbocycles. The number of carbonyl (C=O) groups is 14. The fraction of sp³-hybridized carbons (Fsp3) is 0.380. The van der Waals surface area contributed by atoms with Gasteiger partial charge in [0.2, 0.25) is 25.2 Å². The van der Waals surface area contributed by atoms with Crippen molar-refractivity contribution < 1.29 is 164 Å². The van der Waals surface area contributed by atoms with Crippen LogP contribution < -0.4 is 37.9 Å². The molecule has 134 heavy (non-hydrogen) atoms. The molecule has 0 fully saturated rings. The van der Waals surface area contributed by atoms with E-state index in [1.165, 1.54) is 194 Å². The standard InChI is InChI=1S/C100H110O34/c101-83(129-89(125-79-51-35-71(36-52-79)97(115)116)59-63-121-75-43-27-67(28-44-75)93(107)108)21-15-11-5-7-13-17-23-85(103)131-91(61-65-123-77-47-31-69(32-48-77)95(111)112)127-81-55-39-73(40-56-81)99(119)133-87(105)25-19-9-3-1-2-4-10-20-26-88(106)134-100(120)74-41-57-82(58-42-74)128-92(62-66-124-78-49-33-70(34-50-78)96(113)114)132-86(104)24-18-14-8-6-12-16-22-84(102)130-90(126-80-53-37-72(38-54-80)98(117)118)60-64-122-76-45-29-68(30-46-76)94(109)110/h27-58,89-92H,1-26,59-66H2,(H,107,108)(H,109,110)(H,111,112)(H,113,114)(H,115,116)(H,117,118). The van der Waals surface area contributed by atoms with Crippen molar-refractivity contribution in [1.29, 1.82) is 0 Å². The zero-order valence-corrected chi connectivity index (χ0v) is 73.9. The lowest BCUT2D eigenvalue weighted by Crippen LogP contribution is -2.26. The van der Waals surface area contributed by atoms with Gasteiger partial charge in [-0.25, -0.2) is 38.4 Å². The predicted octanol–water partition coefficient (Wildman–Crippen LogP) is 18.4. The molecule has 8 rings (SSSR count). The molecule has 4 unspecified atom stereocenters. The maximum atomic E-state index is 13.2. The Balaban J connectivity index is 0.672. The topological polar surface area (TPSA) is 490 Å². The summed E-state index contributed by atoms with van der Waals surface area (Å²) >= 11 is 0. The fourth-order valence-corrected chi connectivity index (χ4v) is 13.1. The largest absolute Gasteiger partial charge is 0.493 e. The number of carboxylic acids is 6. The lowest BCUT2D eigenvalue weighted by molar-refractivity contribution is -0.166. The van der Waals surface area contributed by atoms with E-state index in [9.17, 15) is 97.8 Å². The van der Waals surface area contributed by atoms with Crippen molar-refractivity contribution in [3.05, 3.63) is 239 Å². The third-order valence-corrected chi connectivity index (χ3v) is 20.3. The normalized spacial score (nSPS) is 11.7. The second-order valence-corrected chi connectivity index (χ2v) is 30.8. The van der Waals surface area contributed by atoms with Gasteiger partial charge >= 0.3 is 83.6 Å². The van der Waals surface area contributed by atoms with Crippen LogP contribution in [-0.4, -0.2) is 166 Å². The van der Waals surface area contributed by atoms with Gasteiger partial charge in [-0.15, -0.1) is 0 Å². The van der Waals surface area contributed by atoms with Crippen LogP contribution in [0.3, 0.4) is 0 Å². The van der Waals surface area contributed by atoms with E-state index in [1.807, 2.05) is 0 Å². The average molecular weight is 1860 g/mol. The Bertz CT molecular complexity index is 4760. The minimum atomic E-state index is -1.15. The summed E-state index contributed by atoms with van der Waals surface area (Å²) in [5, 5.41) is 55.6. The third-order valence-electron chi connectivity index (χ3n) is 20.3. The average Bonchev–Trinajstić information content (AvgIpc) is 0.866. The molecule has 6 N–H and O–H groups in total. The van der Waals surface area contributed by atoms with Crippen LogP contribution in [0.5, 0.6) is 46.0 Å². The molecule has 0 saturated carbocycles. The molecule has 714 valence electrons. The van der Waals surface area contributed by atoms with Crippen LogP contribution >= 0.6 is 0 Å². The highest BCUT2D eigenvalue weighted by atomic mass is 16.7. The van der Waals surface area contributed by atoms with Gasteiger partial charge in [-0.05, 0) is 233 Å². The third kappa shape index (κ3) is 41.1. The van der Waals surface area contributed by atoms with Crippen molar-refractivity contribution >= 4 is 83.6 Å². The lowest BCUT2D eigenvalue weighted by atomic mass is 10.1. The van der Waals surface area contributed by atoms with Gasteiger partial charge < -0.3 is 97.0 Å². The molecule has 0 aliphatic rings. The summed E-state index contributed by atoms with van der Waals surface area (Å²) in [6.45, 7) is 0.0588.